The number of ether oxygens (including phenoxy) is 3. The van der Waals surface area contributed by atoms with E-state index in [1.807, 2.05) is 30.6 Å². The monoisotopic (exact) mass is 1800 g/mol. The molecular weight excluding hydrogens is 1670 g/mol. The molecule has 0 radical (unpaired) electrons. The summed E-state index contributed by atoms with van der Waals surface area (Å²) >= 11 is 6.76. The lowest BCUT2D eigenvalue weighted by Crippen LogP contribution is -2.46. The number of anilines is 6. The molecule has 0 aromatic carbocycles. The standard InChI is InChI=1S/C36H50N8O5.C24H29N7O2.C12H22BrNO3.C9H17BrO2.C5H11NO2.CH4/c1-25-29-24-38-36(40-34(29)44(27-11-6-7-12-27)35(47)33(25)26(2)45)39-30-16-15-28(23-37-30)43-20-18-42(19-21-43)17-9-4-3-5-13-31(46)41-49-32-14-8-10-22-48-32;1-15-19-14-27-24(28-20-8-7-18(13-26-20)30-11-9-25-10-12-30)29-22(19)31(17-5-3-4-6-17)23(33)21(15)16(2)32;13-9-5-2-1-3-7-11(15)14-17-12-8-4-6-10-16-12;10-8-6-4-2-1-3-5-7-9(11)12;6-8-5-3-1-2-4-7-5;/h15-16,23-24,27,32H,3-14,17-22H2,1-2H3,(H,41,46)(H,37,38,39,40);7-8,13-14,17,25H,3-6,9-12H2,1-2H3,(H,26,27,28,29);12H,1-10H2,(H,14,15);1-8H2,(H,11,12);5H,1-4,6H2;1H4. The van der Waals surface area contributed by atoms with E-state index in [-0.39, 0.29) is 84.0 Å². The fourth-order valence-corrected chi connectivity index (χ4v) is 16.7. The van der Waals surface area contributed by atoms with Gasteiger partial charge in [0.2, 0.25) is 23.7 Å². The van der Waals surface area contributed by atoms with E-state index >= 15 is 0 Å². The van der Waals surface area contributed by atoms with Crippen LogP contribution in [0, 0.1) is 13.8 Å². The lowest BCUT2D eigenvalue weighted by atomic mass is 10.0. The number of amides is 2. The fourth-order valence-electron chi connectivity index (χ4n) is 15.9. The predicted octanol–water partition coefficient (Wildman–Crippen LogP) is 15.3. The number of hydrogen-bond donors (Lipinski definition) is 7. The zero-order valence-corrected chi connectivity index (χ0v) is 73.6. The molecule has 2 aliphatic carbocycles. The van der Waals surface area contributed by atoms with Gasteiger partial charge >= 0.3 is 5.97 Å². The third-order valence-electron chi connectivity index (χ3n) is 22.6. The van der Waals surface area contributed by atoms with E-state index in [1.54, 1.807) is 35.4 Å². The highest BCUT2D eigenvalue weighted by molar-refractivity contribution is 9.09. The predicted molar refractivity (Wildman–Crippen MR) is 476 cm³/mol. The van der Waals surface area contributed by atoms with Crippen LogP contribution in [-0.2, 0) is 43.1 Å². The van der Waals surface area contributed by atoms with Crippen LogP contribution in [0.25, 0.3) is 22.1 Å². The Hall–Kier alpha value is -7.57. The first-order valence-corrected chi connectivity index (χ1v) is 45.8. The number of alkyl halides is 2. The minimum atomic E-state index is -0.671. The van der Waals surface area contributed by atoms with Crippen molar-refractivity contribution in [3.8, 4) is 0 Å². The van der Waals surface area contributed by atoms with Gasteiger partial charge < -0.3 is 45.1 Å². The van der Waals surface area contributed by atoms with E-state index in [2.05, 4.69) is 104 Å². The van der Waals surface area contributed by atoms with Crippen LogP contribution in [0.2, 0.25) is 0 Å². The molecule has 3 unspecified atom stereocenters. The maximum Gasteiger partial charge on any atom is 0.303 e. The minimum absolute atomic E-state index is 0. The number of unbranched alkanes of at least 4 members (excludes halogenated alkanes) is 11. The van der Waals surface area contributed by atoms with Crippen molar-refractivity contribution in [3.05, 3.63) is 92.0 Å². The maximum atomic E-state index is 13.5. The SMILES string of the molecule is C.CC(=O)c1c(C)c2cnc(Nc3ccc(N4CCN(CCCCCCC(=O)NOC5CCCCO5)CC4)cn3)nc2n(C2CCCC2)c1=O.CC(=O)c1c(C)c2cnc(Nc3ccc(N4CCNCC4)cn3)nc2n(C2CCCC2)c1=O.NOC1CCCCO1.O=C(CCCCCCBr)NOC1CCCCO1.O=C(O)CCCCCCCCBr. The number of Topliss-reactive ketones (excluding diaryl/α,β-unsaturated/α-hetero) is 2. The van der Waals surface area contributed by atoms with Crippen LogP contribution in [0.3, 0.4) is 0 Å². The second-order valence-corrected chi connectivity index (χ2v) is 33.2. The van der Waals surface area contributed by atoms with Crippen LogP contribution < -0.4 is 53.7 Å². The van der Waals surface area contributed by atoms with Crippen molar-refractivity contribution in [2.45, 2.75) is 284 Å². The van der Waals surface area contributed by atoms with Gasteiger partial charge in [-0.25, -0.2) is 46.5 Å². The van der Waals surface area contributed by atoms with Crippen molar-refractivity contribution in [1.82, 2.24) is 60.2 Å². The zero-order valence-electron chi connectivity index (χ0n) is 70.5. The molecule has 2 saturated carbocycles. The molecule has 5 saturated heterocycles. The molecule has 31 nitrogen and oxygen atoms in total. The molecule has 13 rings (SSSR count). The summed E-state index contributed by atoms with van der Waals surface area (Å²) in [4.78, 5) is 135. The Labute approximate surface area is 724 Å². The summed E-state index contributed by atoms with van der Waals surface area (Å²) in [7, 11) is 0. The molecule has 5 aliphatic heterocycles. The van der Waals surface area contributed by atoms with E-state index in [4.69, 9.17) is 44.9 Å². The number of carbonyl (C=O) groups excluding carboxylic acids is 4. The number of piperazine rings is 2. The largest absolute Gasteiger partial charge is 0.481 e. The summed E-state index contributed by atoms with van der Waals surface area (Å²) in [5.74, 6) is 5.65. The number of pyridine rings is 4. The number of ketones is 2. The molecule has 664 valence electrons. The normalized spacial score (nSPS) is 18.3. The highest BCUT2D eigenvalue weighted by Crippen LogP contribution is 2.35. The number of hydroxylamine groups is 2. The average Bonchev–Trinajstić information content (AvgIpc) is 1.49. The van der Waals surface area contributed by atoms with E-state index in [0.29, 0.717) is 71.8 Å². The number of fused-ring (bicyclic) bond motifs is 2. The Kier molecular flexibility index (Phi) is 44.2. The van der Waals surface area contributed by atoms with Crippen molar-refractivity contribution in [1.29, 1.82) is 0 Å². The number of aryl methyl sites for hydroxylation is 2. The van der Waals surface area contributed by atoms with Crippen LogP contribution in [-0.4, -0.2) is 187 Å². The third kappa shape index (κ3) is 32.0. The summed E-state index contributed by atoms with van der Waals surface area (Å²) in [6.07, 6.45) is 40.2. The van der Waals surface area contributed by atoms with Gasteiger partial charge in [-0.2, -0.15) is 9.97 Å². The molecule has 7 aliphatic rings. The smallest absolute Gasteiger partial charge is 0.303 e. The van der Waals surface area contributed by atoms with Crippen LogP contribution in [0.1, 0.15) is 284 Å². The highest BCUT2D eigenvalue weighted by atomic mass is 79.9. The topological polar surface area (TPSA) is 378 Å². The first-order valence-electron chi connectivity index (χ1n) is 43.6. The van der Waals surface area contributed by atoms with Crippen molar-refractivity contribution in [2.24, 2.45) is 5.90 Å². The maximum absolute atomic E-state index is 13.5. The van der Waals surface area contributed by atoms with Crippen molar-refractivity contribution >= 4 is 118 Å². The van der Waals surface area contributed by atoms with E-state index in [9.17, 15) is 33.6 Å². The number of nitrogens with one attached hydrogen (secondary N) is 5. The number of aromatic nitrogens is 8. The first-order chi connectivity index (χ1) is 57.9. The summed E-state index contributed by atoms with van der Waals surface area (Å²) in [5, 5.41) is 21.7. The third-order valence-corrected chi connectivity index (χ3v) is 23.7. The Morgan fingerprint density at radius 1 is 0.500 bits per heavy atom. The molecule has 11 heterocycles. The summed E-state index contributed by atoms with van der Waals surface area (Å²) in [6.45, 7) is 17.5. The van der Waals surface area contributed by atoms with E-state index < -0.39 is 5.97 Å². The Bertz CT molecular complexity index is 4200. The molecule has 120 heavy (non-hydrogen) atoms. The molecule has 33 heteroatoms. The summed E-state index contributed by atoms with van der Waals surface area (Å²) in [6, 6.07) is 8.03. The Morgan fingerprint density at radius 3 is 1.27 bits per heavy atom. The number of carboxylic acid groups (broad SMARTS) is 1. The quantitative estimate of drug-likeness (QED) is 0.00831. The number of nitrogens with zero attached hydrogens (tertiary/aromatic N) is 11. The van der Waals surface area contributed by atoms with Gasteiger partial charge in [-0.05, 0) is 172 Å². The second kappa shape index (κ2) is 54.1. The molecule has 2 amide bonds. The zero-order chi connectivity index (χ0) is 84.5. The van der Waals surface area contributed by atoms with Gasteiger partial charge in [0, 0.05) is 157 Å². The number of carboxylic acids is 1. The van der Waals surface area contributed by atoms with Crippen LogP contribution in [0.15, 0.2) is 58.6 Å². The van der Waals surface area contributed by atoms with E-state index in [0.717, 1.165) is 259 Å². The first kappa shape index (κ1) is 97.9. The average molecular weight is 1800 g/mol. The fraction of sp³-hybridized carbons (Fsp3) is 0.667. The number of nitrogens with two attached hydrogens (primary N) is 1. The van der Waals surface area contributed by atoms with Crippen molar-refractivity contribution in [3.63, 3.8) is 0 Å². The number of halogens is 2. The van der Waals surface area contributed by atoms with Crippen LogP contribution in [0.5, 0.6) is 0 Å². The highest BCUT2D eigenvalue weighted by Gasteiger charge is 2.29. The number of rotatable bonds is 36. The van der Waals surface area contributed by atoms with Gasteiger partial charge in [-0.1, -0.05) is 116 Å². The molecular formula is C87H133Br2N17O14. The molecule has 0 bridgehead atoms. The Balaban J connectivity index is 0.000000215. The van der Waals surface area contributed by atoms with Crippen LogP contribution >= 0.6 is 31.9 Å². The molecule has 6 aromatic rings. The molecule has 8 N–H and O–H groups in total. The van der Waals surface area contributed by atoms with Gasteiger partial charge in [0.25, 0.3) is 11.1 Å². The van der Waals surface area contributed by atoms with Gasteiger partial charge in [-0.3, -0.25) is 52.4 Å². The molecule has 7 fully saturated rings. The minimum Gasteiger partial charge on any atom is -0.481 e. The summed E-state index contributed by atoms with van der Waals surface area (Å²) in [5.41, 5.74) is 9.54. The van der Waals surface area contributed by atoms with Gasteiger partial charge in [-0.15, -0.1) is 0 Å². The molecule has 3 atom stereocenters. The number of carbonyl (C=O) groups is 5. The van der Waals surface area contributed by atoms with Crippen molar-refractivity contribution < 1.29 is 57.8 Å². The second-order valence-electron chi connectivity index (χ2n) is 31.6. The van der Waals surface area contributed by atoms with Crippen molar-refractivity contribution in [2.75, 3.05) is 110 Å². The number of hydrogen-bond acceptors (Lipinski definition) is 26. The molecule has 6 aromatic heterocycles. The number of aliphatic carboxylic acids is 1. The van der Waals surface area contributed by atoms with Gasteiger partial charge in [0.15, 0.2) is 30.4 Å². The van der Waals surface area contributed by atoms with Gasteiger partial charge in [0.1, 0.15) is 22.9 Å². The lowest BCUT2D eigenvalue weighted by Gasteiger charge is -2.36. The molecule has 0 spiro atoms. The lowest BCUT2D eigenvalue weighted by molar-refractivity contribution is -0.200. The van der Waals surface area contributed by atoms with Gasteiger partial charge in [0.05, 0.1) is 34.9 Å². The van der Waals surface area contributed by atoms with Crippen LogP contribution in [0.4, 0.5) is 34.9 Å². The Morgan fingerprint density at radius 2 is 0.892 bits per heavy atom. The summed E-state index contributed by atoms with van der Waals surface area (Å²) < 4.78 is 19.3. The van der Waals surface area contributed by atoms with E-state index in [1.165, 1.54) is 58.8 Å².